The van der Waals surface area contributed by atoms with Gasteiger partial charge in [-0.1, -0.05) is 6.92 Å². The summed E-state index contributed by atoms with van der Waals surface area (Å²) in [6.07, 6.45) is 5.62. The Morgan fingerprint density at radius 3 is 2.69 bits per heavy atom. The third-order valence-electron chi connectivity index (χ3n) is 7.48. The van der Waals surface area contributed by atoms with Gasteiger partial charge in [0.15, 0.2) is 5.65 Å². The van der Waals surface area contributed by atoms with Gasteiger partial charge in [0.05, 0.1) is 29.4 Å². The van der Waals surface area contributed by atoms with Crippen LogP contribution in [0.1, 0.15) is 19.8 Å². The van der Waals surface area contributed by atoms with E-state index in [4.69, 9.17) is 5.26 Å². The molecule has 0 saturated carbocycles. The van der Waals surface area contributed by atoms with Crippen molar-refractivity contribution < 1.29 is 9.59 Å². The number of nitrogens with zero attached hydrogens (tertiary/aromatic N) is 8. The SMILES string of the molecule is C[C@@H]1CCN(C(=O)CC#N)C[C@@H]1N(C)c1ncnc2c1ccn2C(=O)Nc1ccc(N2CCNCC2)cn1.Cl. The molecule has 206 valence electrons. The van der Waals surface area contributed by atoms with Gasteiger partial charge in [0.25, 0.3) is 0 Å². The Kier molecular flexibility index (Phi) is 8.83. The molecule has 0 bridgehead atoms. The molecule has 0 spiro atoms. The van der Waals surface area contributed by atoms with Crippen molar-refractivity contribution in [3.63, 3.8) is 0 Å². The van der Waals surface area contributed by atoms with E-state index in [1.165, 1.54) is 10.9 Å². The molecular formula is C26H33ClN10O2. The number of carbonyl (C=O) groups excluding carboxylic acids is 2. The highest BCUT2D eigenvalue weighted by Crippen LogP contribution is 2.30. The molecule has 0 aromatic carbocycles. The van der Waals surface area contributed by atoms with Crippen molar-refractivity contribution in [1.82, 2.24) is 29.7 Å². The van der Waals surface area contributed by atoms with Crippen molar-refractivity contribution in [3.8, 4) is 6.07 Å². The Labute approximate surface area is 233 Å². The molecule has 3 aromatic rings. The highest BCUT2D eigenvalue weighted by molar-refractivity contribution is 5.99. The number of nitrogens with one attached hydrogen (secondary N) is 2. The second-order valence-electron chi connectivity index (χ2n) is 9.81. The predicted octanol–water partition coefficient (Wildman–Crippen LogP) is 2.32. The summed E-state index contributed by atoms with van der Waals surface area (Å²) in [6, 6.07) is 7.19. The van der Waals surface area contributed by atoms with E-state index >= 15 is 0 Å². The minimum Gasteiger partial charge on any atom is -0.368 e. The third-order valence-corrected chi connectivity index (χ3v) is 7.48. The summed E-state index contributed by atoms with van der Waals surface area (Å²) in [5, 5.41) is 15.9. The lowest BCUT2D eigenvalue weighted by Gasteiger charge is -2.42. The van der Waals surface area contributed by atoms with Crippen LogP contribution >= 0.6 is 12.4 Å². The molecule has 0 aliphatic carbocycles. The van der Waals surface area contributed by atoms with Crippen LogP contribution in [0.4, 0.5) is 22.1 Å². The molecule has 5 rings (SSSR count). The van der Waals surface area contributed by atoms with E-state index in [-0.39, 0.29) is 36.8 Å². The molecule has 2 aliphatic heterocycles. The van der Waals surface area contributed by atoms with E-state index in [0.29, 0.717) is 36.3 Å². The standard InChI is InChI=1S/C26H32N10O2.ClH/c1-18-6-11-35(23(37)5-8-27)16-21(18)33(2)24-20-7-12-36(25(20)31-17-30-24)26(38)32-22-4-3-19(15-29-22)34-13-9-28-10-14-34;/h3-4,7,12,15,17-18,21,28H,5-6,9-11,13-14,16H2,1-2H3,(H,29,32,38);1H/t18-,21+;/m1./s1. The molecule has 2 saturated heterocycles. The minimum atomic E-state index is -0.367. The van der Waals surface area contributed by atoms with Crippen LogP contribution in [0.3, 0.4) is 0 Å². The number of aromatic nitrogens is 4. The Morgan fingerprint density at radius 2 is 1.97 bits per heavy atom. The Hall–Kier alpha value is -3.95. The summed E-state index contributed by atoms with van der Waals surface area (Å²) < 4.78 is 1.45. The second kappa shape index (κ2) is 12.3. The molecule has 12 nitrogen and oxygen atoms in total. The molecular weight excluding hydrogens is 520 g/mol. The first-order chi connectivity index (χ1) is 18.5. The van der Waals surface area contributed by atoms with Crippen LogP contribution in [-0.2, 0) is 4.79 Å². The van der Waals surface area contributed by atoms with Crippen molar-refractivity contribution in [3.05, 3.63) is 36.9 Å². The number of anilines is 3. The van der Waals surface area contributed by atoms with Gasteiger partial charge in [0.2, 0.25) is 5.91 Å². The van der Waals surface area contributed by atoms with Crippen LogP contribution in [0.5, 0.6) is 0 Å². The number of piperazine rings is 1. The fourth-order valence-electron chi connectivity index (χ4n) is 5.24. The molecule has 13 heteroatoms. The molecule has 2 amide bonds. The topological polar surface area (TPSA) is 135 Å². The fourth-order valence-corrected chi connectivity index (χ4v) is 5.24. The first-order valence-corrected chi connectivity index (χ1v) is 12.9. The van der Waals surface area contributed by atoms with Crippen LogP contribution < -0.4 is 20.4 Å². The van der Waals surface area contributed by atoms with Crippen molar-refractivity contribution in [2.75, 3.05) is 61.4 Å². The largest absolute Gasteiger partial charge is 0.368 e. The van der Waals surface area contributed by atoms with Gasteiger partial charge in [0.1, 0.15) is 24.4 Å². The number of rotatable bonds is 5. The third kappa shape index (κ3) is 5.89. The zero-order valence-corrected chi connectivity index (χ0v) is 22.9. The summed E-state index contributed by atoms with van der Waals surface area (Å²) in [5.41, 5.74) is 1.51. The van der Waals surface area contributed by atoms with Gasteiger partial charge in [-0.05, 0) is 30.5 Å². The van der Waals surface area contributed by atoms with Crippen LogP contribution in [0.2, 0.25) is 0 Å². The fraction of sp³-hybridized carbons (Fsp3) is 0.462. The number of carbonyl (C=O) groups is 2. The number of piperidine rings is 1. The summed E-state index contributed by atoms with van der Waals surface area (Å²) in [4.78, 5) is 44.9. The first-order valence-electron chi connectivity index (χ1n) is 12.9. The van der Waals surface area contributed by atoms with Crippen LogP contribution in [0.25, 0.3) is 11.0 Å². The highest BCUT2D eigenvalue weighted by atomic mass is 35.5. The minimum absolute atomic E-state index is 0. The van der Waals surface area contributed by atoms with Gasteiger partial charge in [0, 0.05) is 52.5 Å². The van der Waals surface area contributed by atoms with Crippen molar-refractivity contribution in [1.29, 1.82) is 5.26 Å². The number of halogens is 1. The van der Waals surface area contributed by atoms with Crippen LogP contribution in [0, 0.1) is 17.2 Å². The predicted molar refractivity (Wildman–Crippen MR) is 151 cm³/mol. The van der Waals surface area contributed by atoms with E-state index in [1.54, 1.807) is 23.4 Å². The average molecular weight is 553 g/mol. The molecule has 2 fully saturated rings. The van der Waals surface area contributed by atoms with E-state index < -0.39 is 0 Å². The maximum absolute atomic E-state index is 13.1. The summed E-state index contributed by atoms with van der Waals surface area (Å²) in [7, 11) is 1.95. The number of amides is 2. The van der Waals surface area contributed by atoms with E-state index in [9.17, 15) is 9.59 Å². The number of pyridine rings is 1. The highest BCUT2D eigenvalue weighted by Gasteiger charge is 2.33. The smallest absolute Gasteiger partial charge is 0.332 e. The first kappa shape index (κ1) is 28.1. The molecule has 39 heavy (non-hydrogen) atoms. The van der Waals surface area contributed by atoms with Gasteiger partial charge in [-0.2, -0.15) is 5.26 Å². The van der Waals surface area contributed by atoms with E-state index in [2.05, 4.69) is 42.3 Å². The molecule has 2 atom stereocenters. The molecule has 0 radical (unpaired) electrons. The molecule has 2 N–H and O–H groups in total. The molecule has 3 aromatic heterocycles. The summed E-state index contributed by atoms with van der Waals surface area (Å²) in [6.45, 7) is 7.04. The normalized spacial score (nSPS) is 19.2. The lowest BCUT2D eigenvalue weighted by Crippen LogP contribution is -2.52. The van der Waals surface area contributed by atoms with Crippen LogP contribution in [-0.4, -0.2) is 88.7 Å². The molecule has 0 unspecified atom stereocenters. The second-order valence-corrected chi connectivity index (χ2v) is 9.81. The number of nitriles is 1. The van der Waals surface area contributed by atoms with E-state index in [1.807, 2.05) is 25.2 Å². The van der Waals surface area contributed by atoms with Crippen LogP contribution in [0.15, 0.2) is 36.9 Å². The maximum Gasteiger partial charge on any atom is 0.332 e. The zero-order chi connectivity index (χ0) is 26.6. The lowest BCUT2D eigenvalue weighted by atomic mass is 9.92. The van der Waals surface area contributed by atoms with Gasteiger partial charge < -0.3 is 20.0 Å². The number of fused-ring (bicyclic) bond motifs is 1. The van der Waals surface area contributed by atoms with E-state index in [0.717, 1.165) is 43.7 Å². The summed E-state index contributed by atoms with van der Waals surface area (Å²) >= 11 is 0. The quantitative estimate of drug-likeness (QED) is 0.488. The Morgan fingerprint density at radius 1 is 1.18 bits per heavy atom. The van der Waals surface area contributed by atoms with Gasteiger partial charge in [-0.25, -0.2) is 19.7 Å². The number of likely N-dealkylation sites (tertiary alicyclic amines) is 1. The average Bonchev–Trinajstić information content (AvgIpc) is 3.39. The monoisotopic (exact) mass is 552 g/mol. The zero-order valence-electron chi connectivity index (χ0n) is 22.1. The van der Waals surface area contributed by atoms with Crippen molar-refractivity contribution in [2.45, 2.75) is 25.8 Å². The van der Waals surface area contributed by atoms with Gasteiger partial charge in [-0.3, -0.25) is 14.7 Å². The van der Waals surface area contributed by atoms with Crippen molar-refractivity contribution in [2.24, 2.45) is 5.92 Å². The number of hydrogen-bond donors (Lipinski definition) is 2. The van der Waals surface area contributed by atoms with Gasteiger partial charge >= 0.3 is 6.03 Å². The summed E-state index contributed by atoms with van der Waals surface area (Å²) in [5.74, 6) is 1.31. The Balaban J connectivity index is 0.00000353. The maximum atomic E-state index is 13.1. The molecule has 2 aliphatic rings. The number of hydrogen-bond acceptors (Lipinski definition) is 9. The van der Waals surface area contributed by atoms with Gasteiger partial charge in [-0.15, -0.1) is 12.4 Å². The molecule has 5 heterocycles. The number of likely N-dealkylation sites (N-methyl/N-ethyl adjacent to an activating group) is 1. The lowest BCUT2D eigenvalue weighted by molar-refractivity contribution is -0.131. The van der Waals surface area contributed by atoms with Crippen molar-refractivity contribution >= 4 is 52.7 Å². The Bertz CT molecular complexity index is 1350.